The van der Waals surface area contributed by atoms with E-state index in [0.29, 0.717) is 6.10 Å². The largest absolute Gasteiger partial charge is 0.377 e. The zero-order valence-electron chi connectivity index (χ0n) is 11.0. The quantitative estimate of drug-likeness (QED) is 0.863. The number of hydrogen-bond donors (Lipinski definition) is 1. The van der Waals surface area contributed by atoms with E-state index in [2.05, 4.69) is 37.4 Å². The Kier molecular flexibility index (Phi) is 4.57. The van der Waals surface area contributed by atoms with Crippen molar-refractivity contribution in [3.05, 3.63) is 34.9 Å². The molecule has 0 spiro atoms. The summed E-state index contributed by atoms with van der Waals surface area (Å²) in [4.78, 5) is 0. The zero-order chi connectivity index (χ0) is 12.1. The van der Waals surface area contributed by atoms with Gasteiger partial charge in [-0.25, -0.2) is 0 Å². The molecule has 2 nitrogen and oxygen atoms in total. The van der Waals surface area contributed by atoms with Crippen molar-refractivity contribution in [1.82, 2.24) is 5.32 Å². The number of aryl methyl sites for hydroxylation is 1. The predicted molar refractivity (Wildman–Crippen MR) is 71.2 cm³/mol. The van der Waals surface area contributed by atoms with Crippen LogP contribution in [0.2, 0.25) is 0 Å². The van der Waals surface area contributed by atoms with Gasteiger partial charge < -0.3 is 10.1 Å². The summed E-state index contributed by atoms with van der Waals surface area (Å²) in [5.41, 5.74) is 4.18. The Hall–Kier alpha value is -0.860. The first-order chi connectivity index (χ1) is 8.27. The minimum absolute atomic E-state index is 0.425. The zero-order valence-corrected chi connectivity index (χ0v) is 11.0. The van der Waals surface area contributed by atoms with Crippen molar-refractivity contribution in [1.29, 1.82) is 0 Å². The highest BCUT2D eigenvalue weighted by Crippen LogP contribution is 2.14. The van der Waals surface area contributed by atoms with Crippen molar-refractivity contribution < 1.29 is 4.74 Å². The van der Waals surface area contributed by atoms with Gasteiger partial charge in [0.1, 0.15) is 0 Å². The van der Waals surface area contributed by atoms with Crippen molar-refractivity contribution >= 4 is 0 Å². The van der Waals surface area contributed by atoms with Crippen LogP contribution in [0.5, 0.6) is 0 Å². The van der Waals surface area contributed by atoms with Gasteiger partial charge in [0.25, 0.3) is 0 Å². The van der Waals surface area contributed by atoms with E-state index in [4.69, 9.17) is 4.74 Å². The molecular formula is C15H23NO. The predicted octanol–water partition coefficient (Wildman–Crippen LogP) is 2.96. The molecule has 0 bridgehead atoms. The first kappa shape index (κ1) is 12.6. The molecule has 1 unspecified atom stereocenters. The Morgan fingerprint density at radius 2 is 2.18 bits per heavy atom. The Labute approximate surface area is 104 Å². The van der Waals surface area contributed by atoms with E-state index in [-0.39, 0.29) is 0 Å². The van der Waals surface area contributed by atoms with E-state index >= 15 is 0 Å². The molecule has 94 valence electrons. The van der Waals surface area contributed by atoms with Gasteiger partial charge in [0.15, 0.2) is 0 Å². The minimum Gasteiger partial charge on any atom is -0.377 e. The van der Waals surface area contributed by atoms with Crippen molar-refractivity contribution in [2.24, 2.45) is 0 Å². The molecule has 2 rings (SSSR count). The van der Waals surface area contributed by atoms with Crippen LogP contribution in [-0.2, 0) is 11.3 Å². The fourth-order valence-corrected chi connectivity index (χ4v) is 2.34. The van der Waals surface area contributed by atoms with Gasteiger partial charge in [-0.05, 0) is 49.8 Å². The fraction of sp³-hybridized carbons (Fsp3) is 0.600. The maximum atomic E-state index is 5.71. The highest BCUT2D eigenvalue weighted by Gasteiger charge is 2.12. The van der Waals surface area contributed by atoms with Crippen LogP contribution in [-0.4, -0.2) is 19.3 Å². The topological polar surface area (TPSA) is 21.3 Å². The molecule has 1 atom stereocenters. The van der Waals surface area contributed by atoms with Gasteiger partial charge >= 0.3 is 0 Å². The van der Waals surface area contributed by atoms with E-state index in [9.17, 15) is 0 Å². The van der Waals surface area contributed by atoms with E-state index in [1.165, 1.54) is 36.0 Å². The second-order valence-corrected chi connectivity index (χ2v) is 4.98. The van der Waals surface area contributed by atoms with Crippen LogP contribution in [0, 0.1) is 13.8 Å². The van der Waals surface area contributed by atoms with Gasteiger partial charge in [0.05, 0.1) is 6.10 Å². The molecular weight excluding hydrogens is 210 g/mol. The summed E-state index contributed by atoms with van der Waals surface area (Å²) in [6, 6.07) is 6.51. The first-order valence-corrected chi connectivity index (χ1v) is 6.65. The molecule has 0 aromatic heterocycles. The Bertz CT molecular complexity index is 356. The second-order valence-electron chi connectivity index (χ2n) is 4.98. The van der Waals surface area contributed by atoms with E-state index in [1.807, 2.05) is 0 Å². The van der Waals surface area contributed by atoms with Crippen LogP contribution < -0.4 is 5.32 Å². The van der Waals surface area contributed by atoms with E-state index < -0.39 is 0 Å². The molecule has 17 heavy (non-hydrogen) atoms. The highest BCUT2D eigenvalue weighted by atomic mass is 16.5. The van der Waals surface area contributed by atoms with Crippen molar-refractivity contribution in [3.8, 4) is 0 Å². The van der Waals surface area contributed by atoms with Crippen molar-refractivity contribution in [3.63, 3.8) is 0 Å². The van der Waals surface area contributed by atoms with E-state index in [1.54, 1.807) is 0 Å². The molecule has 1 fully saturated rings. The molecule has 1 aromatic carbocycles. The molecule has 1 saturated heterocycles. The molecule has 0 amide bonds. The molecule has 1 heterocycles. The molecule has 1 aliphatic rings. The second kappa shape index (κ2) is 6.18. The summed E-state index contributed by atoms with van der Waals surface area (Å²) in [6.45, 7) is 7.24. The summed E-state index contributed by atoms with van der Waals surface area (Å²) in [5, 5.41) is 3.51. The standard InChI is InChI=1S/C15H23NO/c1-12-6-5-7-14(13(12)2)10-16-11-15-8-3-4-9-17-15/h5-7,15-16H,3-4,8-11H2,1-2H3. The lowest BCUT2D eigenvalue weighted by atomic mass is 10.0. The maximum absolute atomic E-state index is 5.71. The van der Waals surface area contributed by atoms with Crippen LogP contribution >= 0.6 is 0 Å². The van der Waals surface area contributed by atoms with Gasteiger partial charge in [-0.1, -0.05) is 18.2 Å². The molecule has 0 saturated carbocycles. The number of rotatable bonds is 4. The van der Waals surface area contributed by atoms with Crippen molar-refractivity contribution in [2.45, 2.75) is 45.8 Å². The van der Waals surface area contributed by atoms with Crippen LogP contribution in [0.4, 0.5) is 0 Å². The number of nitrogens with one attached hydrogen (secondary N) is 1. The summed E-state index contributed by atoms with van der Waals surface area (Å²) < 4.78 is 5.71. The first-order valence-electron chi connectivity index (χ1n) is 6.65. The highest BCUT2D eigenvalue weighted by molar-refractivity contribution is 5.32. The molecule has 0 aliphatic carbocycles. The van der Waals surface area contributed by atoms with Crippen LogP contribution in [0.3, 0.4) is 0 Å². The van der Waals surface area contributed by atoms with Gasteiger partial charge in [0, 0.05) is 19.7 Å². The van der Waals surface area contributed by atoms with Crippen LogP contribution in [0.25, 0.3) is 0 Å². The summed E-state index contributed by atoms with van der Waals surface area (Å²) >= 11 is 0. The molecule has 1 aliphatic heterocycles. The normalized spacial score (nSPS) is 20.5. The summed E-state index contributed by atoms with van der Waals surface area (Å²) in [5.74, 6) is 0. The smallest absolute Gasteiger partial charge is 0.0699 e. The summed E-state index contributed by atoms with van der Waals surface area (Å²) in [7, 11) is 0. The molecule has 1 N–H and O–H groups in total. The average molecular weight is 233 g/mol. The average Bonchev–Trinajstić information content (AvgIpc) is 2.36. The number of ether oxygens (including phenoxy) is 1. The number of hydrogen-bond acceptors (Lipinski definition) is 2. The van der Waals surface area contributed by atoms with Gasteiger partial charge in [0.2, 0.25) is 0 Å². The lowest BCUT2D eigenvalue weighted by Gasteiger charge is -2.23. The van der Waals surface area contributed by atoms with Gasteiger partial charge in [-0.2, -0.15) is 0 Å². The van der Waals surface area contributed by atoms with Crippen LogP contribution in [0.1, 0.15) is 36.0 Å². The number of benzene rings is 1. The third-order valence-electron chi connectivity index (χ3n) is 3.68. The SMILES string of the molecule is Cc1cccc(CNCC2CCCCO2)c1C. The molecule has 0 radical (unpaired) electrons. The van der Waals surface area contributed by atoms with E-state index in [0.717, 1.165) is 19.7 Å². The van der Waals surface area contributed by atoms with Crippen LogP contribution in [0.15, 0.2) is 18.2 Å². The van der Waals surface area contributed by atoms with Gasteiger partial charge in [-0.3, -0.25) is 0 Å². The third-order valence-corrected chi connectivity index (χ3v) is 3.68. The third kappa shape index (κ3) is 3.55. The molecule has 2 heteroatoms. The van der Waals surface area contributed by atoms with Gasteiger partial charge in [-0.15, -0.1) is 0 Å². The molecule has 1 aromatic rings. The Balaban J connectivity index is 1.79. The monoisotopic (exact) mass is 233 g/mol. The Morgan fingerprint density at radius 3 is 2.94 bits per heavy atom. The lowest BCUT2D eigenvalue weighted by Crippen LogP contribution is -2.31. The fourth-order valence-electron chi connectivity index (χ4n) is 2.34. The Morgan fingerprint density at radius 1 is 1.29 bits per heavy atom. The lowest BCUT2D eigenvalue weighted by molar-refractivity contribution is 0.0168. The minimum atomic E-state index is 0.425. The summed E-state index contributed by atoms with van der Waals surface area (Å²) in [6.07, 6.45) is 4.18. The maximum Gasteiger partial charge on any atom is 0.0699 e. The van der Waals surface area contributed by atoms with Crippen molar-refractivity contribution in [2.75, 3.05) is 13.2 Å².